The average Bonchev–Trinajstić information content (AvgIpc) is 2.56. The smallest absolute Gasteiger partial charge is 0.0238 e. The monoisotopic (exact) mass is 292 g/mol. The lowest BCUT2D eigenvalue weighted by molar-refractivity contribution is 0.824. The number of hydrogen-bond donors (Lipinski definition) is 0. The van der Waals surface area contributed by atoms with Crippen molar-refractivity contribution in [2.45, 2.75) is 19.8 Å². The average molecular weight is 292 g/mol. The number of rotatable bonds is 3. The third kappa shape index (κ3) is 6.87. The Labute approximate surface area is 133 Å². The molecule has 114 valence electrons. The van der Waals surface area contributed by atoms with Gasteiger partial charge in [-0.1, -0.05) is 96.6 Å². The molecule has 1 heteroatoms. The molecule has 0 bridgehead atoms. The molecule has 22 heavy (non-hydrogen) atoms. The molecule has 0 fully saturated rings. The lowest BCUT2D eigenvalue weighted by Gasteiger charge is -2.01. The van der Waals surface area contributed by atoms with Crippen LogP contribution in [0, 0.1) is 6.92 Å². The first-order chi connectivity index (χ1) is 10.3. The molecule has 3 aromatic rings. The van der Waals surface area contributed by atoms with Gasteiger partial charge in [-0.3, -0.25) is 0 Å². The van der Waals surface area contributed by atoms with Crippen molar-refractivity contribution in [3.05, 3.63) is 108 Å². The Kier molecular flexibility index (Phi) is 8.32. The summed E-state index contributed by atoms with van der Waals surface area (Å²) in [6, 6.07) is 31.5. The van der Waals surface area contributed by atoms with Gasteiger partial charge >= 0.3 is 0 Å². The van der Waals surface area contributed by atoms with Gasteiger partial charge in [0.05, 0.1) is 0 Å². The first kappa shape index (κ1) is 17.7. The van der Waals surface area contributed by atoms with Gasteiger partial charge in [-0.05, 0) is 30.9 Å². The third-order valence-corrected chi connectivity index (χ3v) is 3.33. The summed E-state index contributed by atoms with van der Waals surface area (Å²) in [4.78, 5) is 0. The molecule has 0 aromatic heterocycles. The normalized spacial score (nSPS) is 9.14. The van der Waals surface area contributed by atoms with Crippen LogP contribution >= 0.6 is 0 Å². The van der Waals surface area contributed by atoms with Crippen molar-refractivity contribution in [1.29, 1.82) is 0 Å². The maximum absolute atomic E-state index is 2.18. The Morgan fingerprint density at radius 1 is 0.500 bits per heavy atom. The molecule has 0 radical (unpaired) electrons. The highest BCUT2D eigenvalue weighted by Gasteiger charge is 1.93. The van der Waals surface area contributed by atoms with Gasteiger partial charge < -0.3 is 5.48 Å². The summed E-state index contributed by atoms with van der Waals surface area (Å²) < 4.78 is 0. The Morgan fingerprint density at radius 2 is 0.818 bits per heavy atom. The molecule has 0 aliphatic heterocycles. The van der Waals surface area contributed by atoms with Gasteiger partial charge in [-0.15, -0.1) is 0 Å². The highest BCUT2D eigenvalue weighted by atomic mass is 16.0. The summed E-state index contributed by atoms with van der Waals surface area (Å²) in [6.07, 6.45) is 2.26. The summed E-state index contributed by atoms with van der Waals surface area (Å²) in [5.41, 5.74) is 4.15. The van der Waals surface area contributed by atoms with E-state index in [2.05, 4.69) is 79.7 Å². The largest absolute Gasteiger partial charge is 0.412 e. The fraction of sp³-hybridized carbons (Fsp3) is 0.143. The molecule has 2 N–H and O–H groups in total. The van der Waals surface area contributed by atoms with Crippen LogP contribution in [0.4, 0.5) is 0 Å². The molecular weight excluding hydrogens is 268 g/mol. The summed E-state index contributed by atoms with van der Waals surface area (Å²) in [5.74, 6) is 0. The number of hydrogen-bond acceptors (Lipinski definition) is 0. The van der Waals surface area contributed by atoms with E-state index in [1.807, 2.05) is 18.2 Å². The molecule has 0 unspecified atom stereocenters. The van der Waals surface area contributed by atoms with Crippen LogP contribution in [0.5, 0.6) is 0 Å². The van der Waals surface area contributed by atoms with Crippen LogP contribution in [-0.2, 0) is 12.8 Å². The van der Waals surface area contributed by atoms with Gasteiger partial charge in [-0.2, -0.15) is 0 Å². The Morgan fingerprint density at radius 3 is 1.09 bits per heavy atom. The standard InChI is InChI=1S/C14H14.C7H8.H2O/c1-3-7-13(8-4-1)11-12-14-9-5-2-6-10-14;1-7-5-3-2-4-6-7;/h1-10H,11-12H2;2-6H,1H3;1H2. The third-order valence-electron chi connectivity index (χ3n) is 3.33. The van der Waals surface area contributed by atoms with Crippen molar-refractivity contribution in [2.75, 3.05) is 0 Å². The maximum atomic E-state index is 2.18. The van der Waals surface area contributed by atoms with Crippen molar-refractivity contribution in [3.8, 4) is 0 Å². The van der Waals surface area contributed by atoms with E-state index in [0.29, 0.717) is 0 Å². The summed E-state index contributed by atoms with van der Waals surface area (Å²) in [6.45, 7) is 2.08. The first-order valence-corrected chi connectivity index (χ1v) is 7.44. The SMILES string of the molecule is Cc1ccccc1.O.c1ccc(CCc2ccccc2)cc1. The maximum Gasteiger partial charge on any atom is -0.0238 e. The van der Waals surface area contributed by atoms with E-state index in [4.69, 9.17) is 0 Å². The molecule has 3 aromatic carbocycles. The van der Waals surface area contributed by atoms with E-state index in [1.54, 1.807) is 0 Å². The highest BCUT2D eigenvalue weighted by molar-refractivity contribution is 5.19. The van der Waals surface area contributed by atoms with Crippen molar-refractivity contribution >= 4 is 0 Å². The fourth-order valence-corrected chi connectivity index (χ4v) is 2.11. The molecule has 3 rings (SSSR count). The quantitative estimate of drug-likeness (QED) is 0.673. The molecule has 0 atom stereocenters. The van der Waals surface area contributed by atoms with Crippen LogP contribution < -0.4 is 0 Å². The van der Waals surface area contributed by atoms with Crippen LogP contribution in [0.1, 0.15) is 16.7 Å². The van der Waals surface area contributed by atoms with Crippen molar-refractivity contribution in [1.82, 2.24) is 0 Å². The van der Waals surface area contributed by atoms with Crippen molar-refractivity contribution in [3.63, 3.8) is 0 Å². The molecule has 1 nitrogen and oxygen atoms in total. The highest BCUT2D eigenvalue weighted by Crippen LogP contribution is 2.06. The minimum atomic E-state index is 0. The van der Waals surface area contributed by atoms with Crippen LogP contribution in [0.2, 0.25) is 0 Å². The summed E-state index contributed by atoms with van der Waals surface area (Å²) >= 11 is 0. The predicted molar refractivity (Wildman–Crippen MR) is 95.1 cm³/mol. The minimum absolute atomic E-state index is 0. The van der Waals surface area contributed by atoms with E-state index < -0.39 is 0 Å². The molecule has 0 amide bonds. The van der Waals surface area contributed by atoms with Crippen LogP contribution in [0.3, 0.4) is 0 Å². The van der Waals surface area contributed by atoms with E-state index in [0.717, 1.165) is 12.8 Å². The van der Waals surface area contributed by atoms with E-state index in [-0.39, 0.29) is 5.48 Å². The zero-order valence-corrected chi connectivity index (χ0v) is 13.1. The number of aryl methyl sites for hydroxylation is 3. The van der Waals surface area contributed by atoms with E-state index >= 15 is 0 Å². The van der Waals surface area contributed by atoms with E-state index in [1.165, 1.54) is 16.7 Å². The topological polar surface area (TPSA) is 31.5 Å². The first-order valence-electron chi connectivity index (χ1n) is 7.44. The van der Waals surface area contributed by atoms with Gasteiger partial charge in [0, 0.05) is 0 Å². The minimum Gasteiger partial charge on any atom is -0.412 e. The molecule has 0 saturated carbocycles. The van der Waals surface area contributed by atoms with Gasteiger partial charge in [0.1, 0.15) is 0 Å². The molecule has 0 aliphatic rings. The van der Waals surface area contributed by atoms with Crippen molar-refractivity contribution < 1.29 is 5.48 Å². The van der Waals surface area contributed by atoms with E-state index in [9.17, 15) is 0 Å². The van der Waals surface area contributed by atoms with Gasteiger partial charge in [0.15, 0.2) is 0 Å². The molecule has 0 saturated heterocycles. The number of benzene rings is 3. The Hall–Kier alpha value is -2.38. The fourth-order valence-electron chi connectivity index (χ4n) is 2.11. The zero-order chi connectivity index (χ0) is 14.8. The second-order valence-corrected chi connectivity index (χ2v) is 5.13. The lowest BCUT2D eigenvalue weighted by atomic mass is 10.0. The van der Waals surface area contributed by atoms with Gasteiger partial charge in [0.25, 0.3) is 0 Å². The Balaban J connectivity index is 0.000000258. The molecular formula is C21H24O. The van der Waals surface area contributed by atoms with Gasteiger partial charge in [0.2, 0.25) is 0 Å². The van der Waals surface area contributed by atoms with Crippen LogP contribution in [0.25, 0.3) is 0 Å². The Bertz CT molecular complexity index is 564. The summed E-state index contributed by atoms with van der Waals surface area (Å²) in [7, 11) is 0. The molecule has 0 spiro atoms. The predicted octanol–water partition coefficient (Wildman–Crippen LogP) is 4.64. The van der Waals surface area contributed by atoms with Gasteiger partial charge in [-0.25, -0.2) is 0 Å². The zero-order valence-electron chi connectivity index (χ0n) is 13.1. The molecule has 0 aliphatic carbocycles. The lowest BCUT2D eigenvalue weighted by Crippen LogP contribution is -1.89. The van der Waals surface area contributed by atoms with Crippen molar-refractivity contribution in [2.24, 2.45) is 0 Å². The second-order valence-electron chi connectivity index (χ2n) is 5.13. The van der Waals surface area contributed by atoms with Crippen LogP contribution in [0.15, 0.2) is 91.0 Å². The van der Waals surface area contributed by atoms with Crippen LogP contribution in [-0.4, -0.2) is 5.48 Å². The second kappa shape index (κ2) is 10.4. The summed E-state index contributed by atoms with van der Waals surface area (Å²) in [5, 5.41) is 0. The molecule has 0 heterocycles.